The second kappa shape index (κ2) is 18.3. The molecule has 0 fully saturated rings. The molecule has 318 valence electrons. The van der Waals surface area contributed by atoms with Gasteiger partial charge in [0.15, 0.2) is 11.5 Å². The van der Waals surface area contributed by atoms with Crippen LogP contribution in [0.4, 0.5) is 0 Å². The van der Waals surface area contributed by atoms with Crippen LogP contribution in [0.1, 0.15) is 22.8 Å². The van der Waals surface area contributed by atoms with Gasteiger partial charge in [-0.25, -0.2) is 19.0 Å². The van der Waals surface area contributed by atoms with E-state index in [2.05, 4.69) is 9.97 Å². The van der Waals surface area contributed by atoms with Gasteiger partial charge in [-0.2, -0.15) is 0 Å². The SMILES string of the molecule is O=[P+](O)Oc1ccc(-c2c3nc(c(-c4ccc(O[P+](=O)O)cc4)c4ccc([nH]4)c(-c4ccc(OP(O)O)cc4)c4nc(c(-c5ccc(OP(O)O)cc5)c5ccc2[nH]5)C=C4)C=C3)cc1. The molecule has 5 heterocycles. The molecule has 0 spiro atoms. The molecule has 20 heteroatoms. The van der Waals surface area contributed by atoms with Crippen molar-refractivity contribution in [1.82, 2.24) is 19.9 Å². The van der Waals surface area contributed by atoms with Gasteiger partial charge in [-0.15, -0.1) is 9.79 Å². The second-order valence-electron chi connectivity index (χ2n) is 13.9. The van der Waals surface area contributed by atoms with Gasteiger partial charge in [0, 0.05) is 53.5 Å². The normalized spacial score (nSPS) is 12.4. The summed E-state index contributed by atoms with van der Waals surface area (Å²) in [5.41, 5.74) is 10.6. The number of rotatable bonds is 12. The summed E-state index contributed by atoms with van der Waals surface area (Å²) in [7, 11) is -11.1. The summed E-state index contributed by atoms with van der Waals surface area (Å²) < 4.78 is 43.4. The molecule has 0 aliphatic carbocycles. The zero-order valence-electron chi connectivity index (χ0n) is 32.7. The Morgan fingerprint density at radius 2 is 0.641 bits per heavy atom. The molecular weight excluding hydrogens is 900 g/mol. The average Bonchev–Trinajstić information content (AvgIpc) is 4.11. The van der Waals surface area contributed by atoms with Gasteiger partial charge >= 0.3 is 33.7 Å². The maximum Gasteiger partial charge on any atom is 0.747 e. The predicted octanol–water partition coefficient (Wildman–Crippen LogP) is 10.6. The van der Waals surface area contributed by atoms with E-state index in [0.717, 1.165) is 11.1 Å². The van der Waals surface area contributed by atoms with Gasteiger partial charge in [-0.3, -0.25) is 0 Å². The largest absolute Gasteiger partial charge is 0.747 e. The highest BCUT2D eigenvalue weighted by molar-refractivity contribution is 7.40. The molecule has 9 rings (SSSR count). The maximum absolute atomic E-state index is 11.5. The Balaban J connectivity index is 1.38. The number of H-pyrrole nitrogens is 2. The lowest BCUT2D eigenvalue weighted by atomic mass is 10.0. The van der Waals surface area contributed by atoms with Crippen molar-refractivity contribution >= 4 is 80.1 Å². The van der Waals surface area contributed by atoms with Gasteiger partial charge in [0.05, 0.1) is 22.8 Å². The van der Waals surface area contributed by atoms with E-state index in [9.17, 15) is 38.5 Å². The van der Waals surface area contributed by atoms with Crippen LogP contribution in [0.15, 0.2) is 121 Å². The van der Waals surface area contributed by atoms with Crippen molar-refractivity contribution < 1.29 is 56.6 Å². The first-order valence-electron chi connectivity index (χ1n) is 18.9. The minimum absolute atomic E-state index is 0.196. The highest BCUT2D eigenvalue weighted by Gasteiger charge is 2.21. The van der Waals surface area contributed by atoms with E-state index in [-0.39, 0.29) is 23.0 Å². The molecule has 8 N–H and O–H groups in total. The Morgan fingerprint density at radius 1 is 0.391 bits per heavy atom. The topological polar surface area (TPSA) is 250 Å². The molecule has 4 aromatic carbocycles. The molecule has 2 aliphatic heterocycles. The lowest BCUT2D eigenvalue weighted by Crippen LogP contribution is -1.91. The number of aromatic amines is 2. The summed E-state index contributed by atoms with van der Waals surface area (Å²) in [6.45, 7) is 0. The Hall–Kier alpha value is -6.50. The molecule has 0 radical (unpaired) electrons. The molecule has 0 saturated heterocycles. The zero-order valence-corrected chi connectivity index (χ0v) is 36.3. The molecule has 16 nitrogen and oxygen atoms in total. The molecule has 0 saturated carbocycles. The molecule has 2 unspecified atom stereocenters. The maximum atomic E-state index is 11.5. The van der Waals surface area contributed by atoms with Crippen molar-refractivity contribution in [2.24, 2.45) is 0 Å². The van der Waals surface area contributed by atoms with Gasteiger partial charge in [0.1, 0.15) is 11.5 Å². The Labute approximate surface area is 367 Å². The monoisotopic (exact) mass is 932 g/mol. The smallest absolute Gasteiger partial charge is 0.427 e. The van der Waals surface area contributed by atoms with Crippen LogP contribution in [0.5, 0.6) is 23.0 Å². The summed E-state index contributed by atoms with van der Waals surface area (Å²) in [4.78, 5) is 74.5. The fourth-order valence-corrected chi connectivity index (χ4v) is 8.74. The first-order valence-corrected chi connectivity index (χ1v) is 23.5. The molecule has 8 bridgehead atoms. The van der Waals surface area contributed by atoms with Gasteiger partial charge in [0.25, 0.3) is 0 Å². The van der Waals surface area contributed by atoms with E-state index in [1.165, 1.54) is 0 Å². The van der Waals surface area contributed by atoms with Crippen LogP contribution in [0.2, 0.25) is 0 Å². The quantitative estimate of drug-likeness (QED) is 0.0531. The highest BCUT2D eigenvalue weighted by atomic mass is 31.2. The molecule has 2 aliphatic rings. The zero-order chi connectivity index (χ0) is 44.5. The third-order valence-corrected chi connectivity index (χ3v) is 11.5. The first-order chi connectivity index (χ1) is 30.9. The van der Waals surface area contributed by atoms with Crippen molar-refractivity contribution in [2.75, 3.05) is 0 Å². The van der Waals surface area contributed by atoms with E-state index in [1.807, 2.05) is 48.6 Å². The average molecular weight is 933 g/mol. The predicted molar refractivity (Wildman–Crippen MR) is 245 cm³/mol. The summed E-state index contributed by atoms with van der Waals surface area (Å²) in [5.74, 6) is 0.906. The Kier molecular flexibility index (Phi) is 12.2. The van der Waals surface area contributed by atoms with Crippen LogP contribution in [0.25, 0.3) is 90.9 Å². The van der Waals surface area contributed by atoms with E-state index in [0.29, 0.717) is 78.2 Å². The third-order valence-electron chi connectivity index (χ3n) is 10.1. The number of hydrogen-bond donors (Lipinski definition) is 8. The first kappa shape index (κ1) is 42.8. The van der Waals surface area contributed by atoms with Crippen LogP contribution in [0, 0.1) is 0 Å². The fourth-order valence-electron chi connectivity index (χ4n) is 7.52. The lowest BCUT2D eigenvalue weighted by Gasteiger charge is -2.09. The number of aromatic nitrogens is 4. The molecule has 0 amide bonds. The van der Waals surface area contributed by atoms with Crippen LogP contribution in [-0.2, 0) is 9.13 Å². The van der Waals surface area contributed by atoms with Gasteiger partial charge in [-0.05, 0) is 119 Å². The third kappa shape index (κ3) is 9.25. The van der Waals surface area contributed by atoms with E-state index in [4.69, 9.17) is 28.1 Å². The lowest BCUT2D eigenvalue weighted by molar-refractivity contribution is 0.373. The Morgan fingerprint density at radius 3 is 0.875 bits per heavy atom. The van der Waals surface area contributed by atoms with E-state index in [1.54, 1.807) is 97.1 Å². The summed E-state index contributed by atoms with van der Waals surface area (Å²) >= 11 is 0. The van der Waals surface area contributed by atoms with E-state index < -0.39 is 33.7 Å². The standard InChI is InChI=1S/C44H30N4O12P4/c49-61(50)57-29-9-1-25(2-10-29)41-33-17-19-35(45-33)42(26-3-11-30(12-4-26)58-62(51)52)37-21-23-39(47-37)44(28-7-15-32(16-8-28)60-64(55)56)40-24-22-38(48-40)43(36-20-18-34(41)46-36)27-5-13-31(14-6-27)59-63(53)54/h1-24,45,48-50,53-54H/p+2. The van der Waals surface area contributed by atoms with Crippen molar-refractivity contribution in [3.05, 3.63) is 144 Å². The van der Waals surface area contributed by atoms with Crippen molar-refractivity contribution in [3.63, 3.8) is 0 Å². The highest BCUT2D eigenvalue weighted by Crippen LogP contribution is 2.41. The van der Waals surface area contributed by atoms with E-state index >= 15 is 0 Å². The number of hydrogen-bond acceptors (Lipinski definition) is 12. The second-order valence-corrected chi connectivity index (χ2v) is 16.6. The van der Waals surface area contributed by atoms with Crippen LogP contribution < -0.4 is 18.1 Å². The minimum atomic E-state index is -2.89. The minimum Gasteiger partial charge on any atom is -0.427 e. The molecule has 64 heavy (non-hydrogen) atoms. The number of benzene rings is 4. The Bertz CT molecular complexity index is 2970. The van der Waals surface area contributed by atoms with Crippen LogP contribution in [0.3, 0.4) is 0 Å². The fraction of sp³-hybridized carbons (Fsp3) is 0. The van der Waals surface area contributed by atoms with Crippen molar-refractivity contribution in [1.29, 1.82) is 0 Å². The molecular formula is C44H32N4O12P4+2. The molecule has 3 aromatic heterocycles. The summed E-state index contributed by atoms with van der Waals surface area (Å²) in [6.07, 6.45) is 7.55. The van der Waals surface area contributed by atoms with Gasteiger partial charge in [-0.1, -0.05) is 48.5 Å². The van der Waals surface area contributed by atoms with Crippen LogP contribution >= 0.6 is 33.7 Å². The van der Waals surface area contributed by atoms with Gasteiger partial charge in [0.2, 0.25) is 0 Å². The van der Waals surface area contributed by atoms with Crippen LogP contribution in [-0.4, -0.2) is 49.3 Å². The number of nitrogens with one attached hydrogen (secondary N) is 2. The summed E-state index contributed by atoms with van der Waals surface area (Å²) in [6, 6.07) is 34.7. The van der Waals surface area contributed by atoms with Gasteiger partial charge < -0.3 is 38.6 Å². The van der Waals surface area contributed by atoms with Crippen molar-refractivity contribution in [2.45, 2.75) is 0 Å². The molecule has 2 atom stereocenters. The number of fused-ring (bicyclic) bond motifs is 8. The summed E-state index contributed by atoms with van der Waals surface area (Å²) in [5, 5.41) is 0. The molecule has 7 aromatic rings. The van der Waals surface area contributed by atoms with Crippen molar-refractivity contribution in [3.8, 4) is 67.5 Å². The number of nitrogens with zero attached hydrogens (tertiary/aromatic N) is 2.